The molecule has 1 heterocycles. The molecule has 0 unspecified atom stereocenters. The smallest absolute Gasteiger partial charge is 0.344 e. The van der Waals surface area contributed by atoms with E-state index in [4.69, 9.17) is 0 Å². The normalized spacial score (nSPS) is 28.9. The van der Waals surface area contributed by atoms with E-state index in [1.165, 1.54) is 0 Å². The molecular formula is C7H11F3N2O. The summed E-state index contributed by atoms with van der Waals surface area (Å²) < 4.78 is 35.3. The summed E-state index contributed by atoms with van der Waals surface area (Å²) in [6.45, 7) is 2.27. The number of alkyl halides is 3. The van der Waals surface area contributed by atoms with Crippen LogP contribution in [0.3, 0.4) is 0 Å². The van der Waals surface area contributed by atoms with Gasteiger partial charge < -0.3 is 10.6 Å². The fourth-order valence-corrected chi connectivity index (χ4v) is 1.31. The summed E-state index contributed by atoms with van der Waals surface area (Å²) in [6, 6.07) is -0.234. The number of hydrogen-bond donors (Lipinski definition) is 2. The van der Waals surface area contributed by atoms with Crippen molar-refractivity contribution in [3.63, 3.8) is 0 Å². The minimum Gasteiger partial charge on any atom is -0.344 e. The first-order chi connectivity index (χ1) is 5.89. The van der Waals surface area contributed by atoms with Crippen LogP contribution in [-0.2, 0) is 4.79 Å². The first kappa shape index (κ1) is 10.3. The molecule has 1 aliphatic rings. The molecule has 13 heavy (non-hydrogen) atoms. The highest BCUT2D eigenvalue weighted by atomic mass is 19.4. The van der Waals surface area contributed by atoms with E-state index in [1.807, 2.05) is 12.2 Å². The number of carbonyl (C=O) groups is 1. The molecular weight excluding hydrogens is 185 g/mol. The van der Waals surface area contributed by atoms with Gasteiger partial charge >= 0.3 is 12.1 Å². The van der Waals surface area contributed by atoms with Crippen LogP contribution in [-0.4, -0.2) is 30.7 Å². The third-order valence-corrected chi connectivity index (χ3v) is 1.94. The lowest BCUT2D eigenvalue weighted by molar-refractivity contribution is -0.174. The highest BCUT2D eigenvalue weighted by Gasteiger charge is 2.40. The van der Waals surface area contributed by atoms with Gasteiger partial charge in [0.15, 0.2) is 0 Å². The Morgan fingerprint density at radius 3 is 2.54 bits per heavy atom. The fourth-order valence-electron chi connectivity index (χ4n) is 1.31. The standard InChI is InChI=1S/C7H11F3N2O/c1-4-2-5(3-11-4)12-6(13)7(8,9)10/h4-5,11H,2-3H2,1H3,(H,12,13)/t4-,5+/m1/s1. The lowest BCUT2D eigenvalue weighted by Gasteiger charge is -2.12. The van der Waals surface area contributed by atoms with E-state index in [0.717, 1.165) is 0 Å². The molecule has 0 spiro atoms. The molecule has 0 saturated carbocycles. The molecule has 1 saturated heterocycles. The third-order valence-electron chi connectivity index (χ3n) is 1.94. The molecule has 6 heteroatoms. The molecule has 0 aromatic carbocycles. The van der Waals surface area contributed by atoms with Gasteiger partial charge in [-0.3, -0.25) is 4.79 Å². The fraction of sp³-hybridized carbons (Fsp3) is 0.857. The summed E-state index contributed by atoms with van der Waals surface area (Å²) in [5.74, 6) is -1.85. The van der Waals surface area contributed by atoms with Crippen molar-refractivity contribution in [3.8, 4) is 0 Å². The lowest BCUT2D eigenvalue weighted by atomic mass is 10.2. The zero-order chi connectivity index (χ0) is 10.1. The van der Waals surface area contributed by atoms with Crippen LogP contribution in [0.1, 0.15) is 13.3 Å². The van der Waals surface area contributed by atoms with Crippen molar-refractivity contribution in [1.29, 1.82) is 0 Å². The second kappa shape index (κ2) is 3.53. The zero-order valence-electron chi connectivity index (χ0n) is 7.11. The second-order valence-electron chi connectivity index (χ2n) is 3.21. The van der Waals surface area contributed by atoms with E-state index < -0.39 is 18.1 Å². The number of halogens is 3. The van der Waals surface area contributed by atoms with Gasteiger partial charge in [0.25, 0.3) is 0 Å². The summed E-state index contributed by atoms with van der Waals surface area (Å²) in [7, 11) is 0. The van der Waals surface area contributed by atoms with Gasteiger partial charge in [-0.15, -0.1) is 0 Å². The maximum absolute atomic E-state index is 11.8. The topological polar surface area (TPSA) is 41.1 Å². The molecule has 0 aromatic heterocycles. The Bertz CT molecular complexity index is 204. The minimum absolute atomic E-state index is 0.165. The summed E-state index contributed by atoms with van der Waals surface area (Å²) in [5.41, 5.74) is 0. The van der Waals surface area contributed by atoms with Crippen LogP contribution in [0, 0.1) is 0 Å². The first-order valence-electron chi connectivity index (χ1n) is 4.00. The number of nitrogens with one attached hydrogen (secondary N) is 2. The zero-order valence-corrected chi connectivity index (χ0v) is 7.11. The Morgan fingerprint density at radius 1 is 1.54 bits per heavy atom. The van der Waals surface area contributed by atoms with Crippen LogP contribution in [0.4, 0.5) is 13.2 Å². The van der Waals surface area contributed by atoms with Crippen LogP contribution in [0.5, 0.6) is 0 Å². The molecule has 1 amide bonds. The van der Waals surface area contributed by atoms with Crippen LogP contribution in [0.2, 0.25) is 0 Å². The molecule has 2 atom stereocenters. The molecule has 0 radical (unpaired) electrons. The third kappa shape index (κ3) is 2.87. The molecule has 1 aliphatic heterocycles. The Kier molecular flexibility index (Phi) is 2.80. The predicted octanol–water partition coefficient (Wildman–Crippen LogP) is 0.415. The predicted molar refractivity (Wildman–Crippen MR) is 40.1 cm³/mol. The van der Waals surface area contributed by atoms with E-state index in [0.29, 0.717) is 13.0 Å². The van der Waals surface area contributed by atoms with Gasteiger partial charge in [0.1, 0.15) is 0 Å². The molecule has 3 nitrogen and oxygen atoms in total. The Balaban J connectivity index is 2.37. The molecule has 0 bridgehead atoms. The average Bonchev–Trinajstić information content (AvgIpc) is 2.33. The van der Waals surface area contributed by atoms with E-state index in [1.54, 1.807) is 0 Å². The largest absolute Gasteiger partial charge is 0.471 e. The molecule has 0 aliphatic carbocycles. The molecule has 2 N–H and O–H groups in total. The molecule has 1 fully saturated rings. The van der Waals surface area contributed by atoms with Crippen molar-refractivity contribution >= 4 is 5.91 Å². The summed E-state index contributed by atoms with van der Waals surface area (Å²) in [5, 5.41) is 4.87. The van der Waals surface area contributed by atoms with Crippen molar-refractivity contribution in [1.82, 2.24) is 10.6 Å². The number of rotatable bonds is 1. The van der Waals surface area contributed by atoms with Crippen LogP contribution < -0.4 is 10.6 Å². The van der Waals surface area contributed by atoms with E-state index in [-0.39, 0.29) is 6.04 Å². The maximum atomic E-state index is 11.8. The quantitative estimate of drug-likeness (QED) is 0.638. The highest BCUT2D eigenvalue weighted by Crippen LogP contribution is 2.15. The van der Waals surface area contributed by atoms with Gasteiger partial charge in [0, 0.05) is 18.6 Å². The van der Waals surface area contributed by atoms with Crippen LogP contribution in [0.25, 0.3) is 0 Å². The molecule has 0 aromatic rings. The first-order valence-corrected chi connectivity index (χ1v) is 4.00. The highest BCUT2D eigenvalue weighted by molar-refractivity contribution is 5.81. The summed E-state index contributed by atoms with van der Waals surface area (Å²) >= 11 is 0. The van der Waals surface area contributed by atoms with Gasteiger partial charge in [0.2, 0.25) is 0 Å². The Hall–Kier alpha value is -0.780. The van der Waals surface area contributed by atoms with Gasteiger partial charge in [-0.1, -0.05) is 0 Å². The summed E-state index contributed by atoms with van der Waals surface area (Å²) in [6.07, 6.45) is -4.23. The Labute approximate surface area is 73.7 Å². The number of carbonyl (C=O) groups excluding carboxylic acids is 1. The van der Waals surface area contributed by atoms with E-state index in [9.17, 15) is 18.0 Å². The molecule has 1 rings (SSSR count). The second-order valence-corrected chi connectivity index (χ2v) is 3.21. The summed E-state index contributed by atoms with van der Waals surface area (Å²) in [4.78, 5) is 10.5. The van der Waals surface area contributed by atoms with Crippen molar-refractivity contribution < 1.29 is 18.0 Å². The van der Waals surface area contributed by atoms with Crippen LogP contribution in [0.15, 0.2) is 0 Å². The van der Waals surface area contributed by atoms with Crippen LogP contribution >= 0.6 is 0 Å². The van der Waals surface area contributed by atoms with E-state index >= 15 is 0 Å². The van der Waals surface area contributed by atoms with Crippen molar-refractivity contribution in [2.45, 2.75) is 31.6 Å². The van der Waals surface area contributed by atoms with Gasteiger partial charge in [-0.25, -0.2) is 0 Å². The lowest BCUT2D eigenvalue weighted by Crippen LogP contribution is -2.43. The van der Waals surface area contributed by atoms with Gasteiger partial charge in [-0.05, 0) is 13.3 Å². The van der Waals surface area contributed by atoms with Gasteiger partial charge in [-0.2, -0.15) is 13.2 Å². The monoisotopic (exact) mass is 196 g/mol. The van der Waals surface area contributed by atoms with Gasteiger partial charge in [0.05, 0.1) is 0 Å². The Morgan fingerprint density at radius 2 is 2.15 bits per heavy atom. The van der Waals surface area contributed by atoms with Crippen molar-refractivity contribution in [2.24, 2.45) is 0 Å². The number of amides is 1. The number of hydrogen-bond acceptors (Lipinski definition) is 2. The maximum Gasteiger partial charge on any atom is 0.471 e. The molecule has 76 valence electrons. The minimum atomic E-state index is -4.77. The van der Waals surface area contributed by atoms with Crippen molar-refractivity contribution in [3.05, 3.63) is 0 Å². The average molecular weight is 196 g/mol. The van der Waals surface area contributed by atoms with E-state index in [2.05, 4.69) is 5.32 Å². The SMILES string of the molecule is C[C@@H]1C[C@H](NC(=O)C(F)(F)F)CN1. The van der Waals surface area contributed by atoms with Crippen molar-refractivity contribution in [2.75, 3.05) is 6.54 Å².